The highest BCUT2D eigenvalue weighted by Crippen LogP contribution is 2.39. The lowest BCUT2D eigenvalue weighted by Gasteiger charge is -2.07. The lowest BCUT2D eigenvalue weighted by molar-refractivity contribution is 0.0356. The van der Waals surface area contributed by atoms with E-state index in [1.807, 2.05) is 30.3 Å². The van der Waals surface area contributed by atoms with Gasteiger partial charge < -0.3 is 14.2 Å². The summed E-state index contributed by atoms with van der Waals surface area (Å²) in [6, 6.07) is 20.5. The number of unbranched alkanes of at least 4 members (excludes halogenated alkanes) is 1. The van der Waals surface area contributed by atoms with Gasteiger partial charge in [0.2, 0.25) is 0 Å². The Kier molecular flexibility index (Phi) is 10.2. The molecule has 0 N–H and O–H groups in total. The van der Waals surface area contributed by atoms with Crippen LogP contribution in [0, 0.1) is 24.2 Å². The molecule has 0 amide bonds. The van der Waals surface area contributed by atoms with Gasteiger partial charge in [-0.05, 0) is 67.1 Å². The van der Waals surface area contributed by atoms with E-state index in [2.05, 4.69) is 55.0 Å². The molecule has 0 unspecified atom stereocenters. The zero-order valence-corrected chi connectivity index (χ0v) is 22.7. The van der Waals surface area contributed by atoms with Gasteiger partial charge in [-0.15, -0.1) is 40.4 Å². The van der Waals surface area contributed by atoms with Gasteiger partial charge >= 0.3 is 0 Å². The normalized spacial score (nSPS) is 10.6. The quantitative estimate of drug-likeness (QED) is 0.138. The van der Waals surface area contributed by atoms with E-state index in [-0.39, 0.29) is 0 Å². The van der Waals surface area contributed by atoms with Crippen LogP contribution in [0.25, 0.3) is 19.5 Å². The van der Waals surface area contributed by atoms with Crippen molar-refractivity contribution >= 4 is 34.0 Å². The Labute approximate surface area is 225 Å². The summed E-state index contributed by atoms with van der Waals surface area (Å²) in [5, 5.41) is 0. The van der Waals surface area contributed by atoms with E-state index in [0.29, 0.717) is 26.4 Å². The van der Waals surface area contributed by atoms with Crippen LogP contribution < -0.4 is 4.74 Å². The van der Waals surface area contributed by atoms with Crippen molar-refractivity contribution in [2.24, 2.45) is 0 Å². The first-order chi connectivity index (χ1) is 17.7. The van der Waals surface area contributed by atoms with Crippen LogP contribution in [0.4, 0.5) is 0 Å². The van der Waals surface area contributed by atoms with Crippen molar-refractivity contribution in [2.75, 3.05) is 33.0 Å². The van der Waals surface area contributed by atoms with Crippen LogP contribution in [0.2, 0.25) is 0 Å². The summed E-state index contributed by atoms with van der Waals surface area (Å²) in [4.78, 5) is 6.92. The van der Waals surface area contributed by atoms with Gasteiger partial charge in [0.1, 0.15) is 12.4 Å². The SMILES string of the molecule is C#Cc1ccc(-c2ccc(-c3ccc(C#Cc4ccc(OCCOCCOCCCC)cc4)s3)s2)s1. The zero-order valence-electron chi connectivity index (χ0n) is 20.3. The summed E-state index contributed by atoms with van der Waals surface area (Å²) in [6.07, 6.45) is 7.75. The van der Waals surface area contributed by atoms with E-state index in [0.717, 1.165) is 40.5 Å². The maximum absolute atomic E-state index is 5.74. The Morgan fingerprint density at radius 2 is 1.22 bits per heavy atom. The first-order valence-electron chi connectivity index (χ1n) is 11.9. The van der Waals surface area contributed by atoms with Gasteiger partial charge in [0.25, 0.3) is 0 Å². The molecular weight excluding hydrogens is 505 g/mol. The minimum Gasteiger partial charge on any atom is -0.491 e. The molecule has 0 aliphatic carbocycles. The first-order valence-corrected chi connectivity index (χ1v) is 14.4. The molecule has 0 radical (unpaired) electrons. The summed E-state index contributed by atoms with van der Waals surface area (Å²) in [6.45, 7) is 5.25. The van der Waals surface area contributed by atoms with Gasteiger partial charge in [0, 0.05) is 31.7 Å². The number of hydrogen-bond donors (Lipinski definition) is 0. The molecule has 4 rings (SSSR count). The Bertz CT molecular complexity index is 1330. The average Bonchev–Trinajstić information content (AvgIpc) is 3.67. The smallest absolute Gasteiger partial charge is 0.119 e. The van der Waals surface area contributed by atoms with Crippen LogP contribution in [0.3, 0.4) is 0 Å². The number of thiophene rings is 3. The Balaban J connectivity index is 1.23. The molecule has 3 nitrogen and oxygen atoms in total. The molecule has 6 heteroatoms. The van der Waals surface area contributed by atoms with Crippen molar-refractivity contribution in [1.82, 2.24) is 0 Å². The molecule has 0 aliphatic heterocycles. The van der Waals surface area contributed by atoms with Crippen molar-refractivity contribution in [1.29, 1.82) is 0 Å². The molecule has 4 aromatic rings. The molecule has 3 aromatic heterocycles. The third-order valence-corrected chi connectivity index (χ3v) is 8.63. The van der Waals surface area contributed by atoms with Gasteiger partial charge in [-0.3, -0.25) is 0 Å². The topological polar surface area (TPSA) is 27.7 Å². The van der Waals surface area contributed by atoms with Gasteiger partial charge in [0.05, 0.1) is 29.6 Å². The molecule has 0 bridgehead atoms. The molecule has 3 heterocycles. The van der Waals surface area contributed by atoms with E-state index in [1.165, 1.54) is 19.5 Å². The minimum atomic E-state index is 0.514. The lowest BCUT2D eigenvalue weighted by atomic mass is 10.2. The molecule has 184 valence electrons. The summed E-state index contributed by atoms with van der Waals surface area (Å²) in [7, 11) is 0. The van der Waals surface area contributed by atoms with E-state index >= 15 is 0 Å². The second kappa shape index (κ2) is 14.0. The molecule has 0 spiro atoms. The number of hydrogen-bond acceptors (Lipinski definition) is 6. The molecule has 36 heavy (non-hydrogen) atoms. The van der Waals surface area contributed by atoms with E-state index in [1.54, 1.807) is 34.0 Å². The third-order valence-electron chi connectivity index (χ3n) is 5.14. The summed E-state index contributed by atoms with van der Waals surface area (Å²) < 4.78 is 16.7. The van der Waals surface area contributed by atoms with Crippen molar-refractivity contribution in [2.45, 2.75) is 19.8 Å². The van der Waals surface area contributed by atoms with Gasteiger partial charge in [-0.1, -0.05) is 31.1 Å². The molecule has 0 aliphatic rings. The third kappa shape index (κ3) is 7.83. The van der Waals surface area contributed by atoms with Crippen molar-refractivity contribution in [3.05, 3.63) is 76.0 Å². The predicted molar refractivity (Wildman–Crippen MR) is 153 cm³/mol. The highest BCUT2D eigenvalue weighted by molar-refractivity contribution is 7.26. The summed E-state index contributed by atoms with van der Waals surface area (Å²) >= 11 is 5.14. The predicted octanol–water partition coefficient (Wildman–Crippen LogP) is 7.80. The highest BCUT2D eigenvalue weighted by atomic mass is 32.1. The fourth-order valence-electron chi connectivity index (χ4n) is 3.24. The van der Waals surface area contributed by atoms with Crippen molar-refractivity contribution in [3.8, 4) is 49.4 Å². The van der Waals surface area contributed by atoms with Crippen LogP contribution in [-0.2, 0) is 9.47 Å². The van der Waals surface area contributed by atoms with Crippen molar-refractivity contribution < 1.29 is 14.2 Å². The Morgan fingerprint density at radius 1 is 0.639 bits per heavy atom. The van der Waals surface area contributed by atoms with Crippen LogP contribution >= 0.6 is 34.0 Å². The number of rotatable bonds is 12. The first kappa shape index (κ1) is 26.2. The zero-order chi connectivity index (χ0) is 25.0. The average molecular weight is 533 g/mol. The monoisotopic (exact) mass is 532 g/mol. The minimum absolute atomic E-state index is 0.514. The van der Waals surface area contributed by atoms with Crippen molar-refractivity contribution in [3.63, 3.8) is 0 Å². The van der Waals surface area contributed by atoms with Crippen LogP contribution in [0.15, 0.2) is 60.7 Å². The van der Waals surface area contributed by atoms with Gasteiger partial charge in [0.15, 0.2) is 0 Å². The summed E-state index contributed by atoms with van der Waals surface area (Å²) in [5.74, 6) is 10.1. The summed E-state index contributed by atoms with van der Waals surface area (Å²) in [5.41, 5.74) is 0.957. The largest absolute Gasteiger partial charge is 0.491 e. The fourth-order valence-corrected chi connectivity index (χ4v) is 6.11. The Morgan fingerprint density at radius 3 is 1.89 bits per heavy atom. The molecule has 0 saturated carbocycles. The van der Waals surface area contributed by atoms with Crippen LogP contribution in [-0.4, -0.2) is 33.0 Å². The fraction of sp³-hybridized carbons (Fsp3) is 0.267. The van der Waals surface area contributed by atoms with E-state index in [4.69, 9.17) is 20.6 Å². The van der Waals surface area contributed by atoms with Crippen LogP contribution in [0.1, 0.15) is 35.1 Å². The standard InChI is InChI=1S/C30H28O3S3/c1-3-5-18-31-19-20-32-21-22-33-24-9-6-23(7-10-24)8-11-26-13-15-28(35-26)30-17-16-29(36-30)27-14-12-25(4-2)34-27/h2,6-7,9-10,12-17H,3,5,18-22H2,1H3. The number of ether oxygens (including phenoxy) is 3. The molecule has 0 saturated heterocycles. The molecule has 0 atom stereocenters. The van der Waals surface area contributed by atoms with Gasteiger partial charge in [-0.2, -0.15) is 0 Å². The van der Waals surface area contributed by atoms with Gasteiger partial charge in [-0.25, -0.2) is 0 Å². The lowest BCUT2D eigenvalue weighted by Crippen LogP contribution is -2.11. The molecular formula is C30H28O3S3. The highest BCUT2D eigenvalue weighted by Gasteiger charge is 2.09. The second-order valence-corrected chi connectivity index (χ2v) is 11.1. The number of terminal acetylenes is 1. The maximum atomic E-state index is 5.74. The van der Waals surface area contributed by atoms with E-state index < -0.39 is 0 Å². The van der Waals surface area contributed by atoms with Crippen LogP contribution in [0.5, 0.6) is 5.75 Å². The number of benzene rings is 1. The molecule has 1 aromatic carbocycles. The molecule has 0 fully saturated rings. The second-order valence-electron chi connectivity index (χ2n) is 7.84. The maximum Gasteiger partial charge on any atom is 0.119 e. The van der Waals surface area contributed by atoms with E-state index in [9.17, 15) is 0 Å². The Hall–Kier alpha value is -2.84.